The number of hydrogen-bond donors (Lipinski definition) is 0. The Kier molecular flexibility index (Phi) is 4.16. The lowest BCUT2D eigenvalue weighted by Crippen LogP contribution is -2.22. The van der Waals surface area contributed by atoms with Crippen LogP contribution in [-0.4, -0.2) is 29.2 Å². The van der Waals surface area contributed by atoms with E-state index in [2.05, 4.69) is 36.2 Å². The van der Waals surface area contributed by atoms with Crippen LogP contribution in [0.4, 0.5) is 0 Å². The molecule has 0 aliphatic rings. The lowest BCUT2D eigenvalue weighted by atomic mass is 10.3. The number of rotatable bonds is 6. The molecule has 2 heterocycles. The molecule has 19 heavy (non-hydrogen) atoms. The molecule has 0 aliphatic heterocycles. The van der Waals surface area contributed by atoms with E-state index in [1.165, 1.54) is 6.04 Å². The van der Waals surface area contributed by atoms with E-state index in [4.69, 9.17) is 4.74 Å². The van der Waals surface area contributed by atoms with Crippen molar-refractivity contribution in [3.63, 3.8) is 0 Å². The minimum Gasteiger partial charge on any atom is -0.361 e. The molecule has 2 rings (SSSR count). The second-order valence-electron chi connectivity index (χ2n) is 5.88. The molecule has 0 saturated heterocycles. The number of aromatic nitrogens is 3. The van der Waals surface area contributed by atoms with E-state index in [0.29, 0.717) is 6.73 Å². The van der Waals surface area contributed by atoms with Crippen molar-refractivity contribution in [2.24, 2.45) is 0 Å². The zero-order chi connectivity index (χ0) is 13.9. The van der Waals surface area contributed by atoms with Crippen molar-refractivity contribution < 1.29 is 4.74 Å². The van der Waals surface area contributed by atoms with Crippen LogP contribution in [0.25, 0.3) is 17.2 Å². The van der Waals surface area contributed by atoms with E-state index in [0.717, 1.165) is 23.3 Å². The molecule has 102 valence electrons. The van der Waals surface area contributed by atoms with E-state index in [1.807, 2.05) is 10.6 Å². The quantitative estimate of drug-likeness (QED) is 0.599. The van der Waals surface area contributed by atoms with Crippen LogP contribution in [0.1, 0.15) is 5.56 Å². The van der Waals surface area contributed by atoms with Crippen LogP contribution < -0.4 is 0 Å². The molecular weight excluding hydrogens is 254 g/mol. The molecule has 0 spiro atoms. The van der Waals surface area contributed by atoms with Crippen LogP contribution >= 0.6 is 0 Å². The van der Waals surface area contributed by atoms with E-state index in [-0.39, 0.29) is 0 Å². The first kappa shape index (κ1) is 14.0. The third-order valence-electron chi connectivity index (χ3n) is 2.94. The first-order valence-corrected chi connectivity index (χ1v) is 10.2. The Morgan fingerprint density at radius 2 is 2.16 bits per heavy atom. The van der Waals surface area contributed by atoms with Crippen molar-refractivity contribution in [2.45, 2.75) is 32.4 Å². The summed E-state index contributed by atoms with van der Waals surface area (Å²) in [5, 5.41) is 0. The highest BCUT2D eigenvalue weighted by molar-refractivity contribution is 6.76. The van der Waals surface area contributed by atoms with Crippen molar-refractivity contribution in [3.05, 3.63) is 30.7 Å². The first-order valence-electron chi connectivity index (χ1n) is 6.51. The van der Waals surface area contributed by atoms with Gasteiger partial charge in [0, 0.05) is 20.9 Å². The second-order valence-corrected chi connectivity index (χ2v) is 11.5. The molecule has 4 nitrogen and oxygen atoms in total. The van der Waals surface area contributed by atoms with Gasteiger partial charge in [-0.1, -0.05) is 32.3 Å². The molecule has 0 atom stereocenters. The number of ether oxygens (including phenoxy) is 1. The lowest BCUT2D eigenvalue weighted by molar-refractivity contribution is 0.0895. The van der Waals surface area contributed by atoms with E-state index in [9.17, 15) is 0 Å². The van der Waals surface area contributed by atoms with Crippen LogP contribution in [-0.2, 0) is 11.5 Å². The molecule has 0 bridgehead atoms. The topological polar surface area (TPSA) is 39.9 Å². The van der Waals surface area contributed by atoms with Crippen LogP contribution in [0.3, 0.4) is 0 Å². The van der Waals surface area contributed by atoms with Crippen molar-refractivity contribution in [1.29, 1.82) is 0 Å². The fourth-order valence-corrected chi connectivity index (χ4v) is 2.47. The van der Waals surface area contributed by atoms with Crippen LogP contribution in [0.5, 0.6) is 0 Å². The molecule has 5 heteroatoms. The molecule has 0 amide bonds. The maximum absolute atomic E-state index is 5.72. The minimum absolute atomic E-state index is 0.515. The fraction of sp³-hybridized carbons (Fsp3) is 0.429. The van der Waals surface area contributed by atoms with Gasteiger partial charge in [0.1, 0.15) is 12.2 Å². The maximum atomic E-state index is 5.72. The number of nitrogens with zero attached hydrogens (tertiary/aromatic N) is 3. The van der Waals surface area contributed by atoms with Crippen LogP contribution in [0.2, 0.25) is 25.7 Å². The van der Waals surface area contributed by atoms with Gasteiger partial charge in [-0.15, -0.1) is 0 Å². The monoisotopic (exact) mass is 275 g/mol. The van der Waals surface area contributed by atoms with Crippen LogP contribution in [0, 0.1) is 0 Å². The van der Waals surface area contributed by atoms with Crippen molar-refractivity contribution >= 4 is 25.3 Å². The smallest absolute Gasteiger partial charge is 0.161 e. The van der Waals surface area contributed by atoms with Crippen molar-refractivity contribution in [3.8, 4) is 0 Å². The Balaban J connectivity index is 2.00. The maximum Gasteiger partial charge on any atom is 0.161 e. The van der Waals surface area contributed by atoms with Gasteiger partial charge in [0.05, 0.1) is 6.33 Å². The molecule has 0 N–H and O–H groups in total. The Labute approximate surface area is 115 Å². The van der Waals surface area contributed by atoms with Crippen molar-refractivity contribution in [1.82, 2.24) is 14.5 Å². The van der Waals surface area contributed by atoms with Gasteiger partial charge in [-0.3, -0.25) is 4.57 Å². The zero-order valence-corrected chi connectivity index (χ0v) is 12.9. The predicted molar refractivity (Wildman–Crippen MR) is 81.7 cm³/mol. The largest absolute Gasteiger partial charge is 0.361 e. The molecular formula is C14H21N3OSi. The van der Waals surface area contributed by atoms with Gasteiger partial charge in [0.25, 0.3) is 0 Å². The zero-order valence-electron chi connectivity index (χ0n) is 11.9. The second kappa shape index (κ2) is 5.67. The third kappa shape index (κ3) is 3.75. The Bertz CT molecular complexity index is 572. The standard InChI is InChI=1S/C14H21N3OSi/c1-5-12-8-13-14(15-9-12)17(10-16-13)11-18-6-7-19(2,3)4/h5,8-10H,1,6-7,11H2,2-4H3. The van der Waals surface area contributed by atoms with Gasteiger partial charge >= 0.3 is 0 Å². The average molecular weight is 275 g/mol. The molecule has 2 aromatic rings. The predicted octanol–water partition coefficient (Wildman–Crippen LogP) is 3.39. The summed E-state index contributed by atoms with van der Waals surface area (Å²) in [5.41, 5.74) is 2.72. The summed E-state index contributed by atoms with van der Waals surface area (Å²) < 4.78 is 7.65. The number of hydrogen-bond acceptors (Lipinski definition) is 3. The number of pyridine rings is 1. The van der Waals surface area contributed by atoms with E-state index < -0.39 is 8.07 Å². The van der Waals surface area contributed by atoms with Crippen molar-refractivity contribution in [2.75, 3.05) is 6.61 Å². The normalized spacial score (nSPS) is 11.9. The van der Waals surface area contributed by atoms with Gasteiger partial charge in [-0.25, -0.2) is 9.97 Å². The molecule has 0 aromatic carbocycles. The van der Waals surface area contributed by atoms with E-state index in [1.54, 1.807) is 18.6 Å². The Hall–Kier alpha value is -1.46. The van der Waals surface area contributed by atoms with Gasteiger partial charge in [0.2, 0.25) is 0 Å². The third-order valence-corrected chi connectivity index (χ3v) is 4.64. The van der Waals surface area contributed by atoms with Gasteiger partial charge in [-0.2, -0.15) is 0 Å². The molecule has 0 aliphatic carbocycles. The highest BCUT2D eigenvalue weighted by atomic mass is 28.3. The molecule has 0 fully saturated rings. The van der Waals surface area contributed by atoms with Crippen LogP contribution in [0.15, 0.2) is 25.2 Å². The van der Waals surface area contributed by atoms with E-state index >= 15 is 0 Å². The summed E-state index contributed by atoms with van der Waals surface area (Å²) in [5.74, 6) is 0. The SMILES string of the molecule is C=Cc1cnc2c(c1)ncn2COCC[Si](C)(C)C. The molecule has 0 saturated carbocycles. The summed E-state index contributed by atoms with van der Waals surface area (Å²) >= 11 is 0. The number of fused-ring (bicyclic) bond motifs is 1. The summed E-state index contributed by atoms with van der Waals surface area (Å²) in [6.45, 7) is 12.1. The fourth-order valence-electron chi connectivity index (χ4n) is 1.71. The highest BCUT2D eigenvalue weighted by Crippen LogP contribution is 2.13. The highest BCUT2D eigenvalue weighted by Gasteiger charge is 2.12. The number of imidazole rings is 1. The summed E-state index contributed by atoms with van der Waals surface area (Å²) in [6, 6.07) is 3.15. The molecule has 0 radical (unpaired) electrons. The lowest BCUT2D eigenvalue weighted by Gasteiger charge is -2.15. The first-order chi connectivity index (χ1) is 8.99. The molecule has 0 unspecified atom stereocenters. The summed E-state index contributed by atoms with van der Waals surface area (Å²) in [4.78, 5) is 8.73. The van der Waals surface area contributed by atoms with Gasteiger partial charge in [-0.05, 0) is 17.7 Å². The Morgan fingerprint density at radius 1 is 1.37 bits per heavy atom. The van der Waals surface area contributed by atoms with Gasteiger partial charge < -0.3 is 4.74 Å². The summed E-state index contributed by atoms with van der Waals surface area (Å²) in [7, 11) is -1.02. The van der Waals surface area contributed by atoms with Gasteiger partial charge in [0.15, 0.2) is 5.65 Å². The minimum atomic E-state index is -1.02. The average Bonchev–Trinajstić information content (AvgIpc) is 2.75. The Morgan fingerprint density at radius 3 is 2.84 bits per heavy atom. The molecule has 2 aromatic heterocycles. The summed E-state index contributed by atoms with van der Waals surface area (Å²) in [6.07, 6.45) is 5.35.